The lowest BCUT2D eigenvalue weighted by molar-refractivity contribution is -0.137. The second-order valence-electron chi connectivity index (χ2n) is 5.11. The molecule has 0 aliphatic heterocycles. The fourth-order valence-corrected chi connectivity index (χ4v) is 1.86. The summed E-state index contributed by atoms with van der Waals surface area (Å²) in [6.07, 6.45) is 0.323. The van der Waals surface area contributed by atoms with Crippen LogP contribution >= 0.6 is 0 Å². The summed E-state index contributed by atoms with van der Waals surface area (Å²) in [7, 11) is 0. The van der Waals surface area contributed by atoms with Crippen molar-refractivity contribution in [2.75, 3.05) is 0 Å². The smallest absolute Gasteiger partial charge is 0.303 e. The van der Waals surface area contributed by atoms with Crippen molar-refractivity contribution in [3.05, 3.63) is 35.4 Å². The average molecular weight is 248 g/mol. The number of carboxylic acids is 1. The number of carbonyl (C=O) groups is 2. The molecule has 0 fully saturated rings. The lowest BCUT2D eigenvalue weighted by Gasteiger charge is -2.09. The van der Waals surface area contributed by atoms with E-state index in [9.17, 15) is 9.59 Å². The summed E-state index contributed by atoms with van der Waals surface area (Å²) in [5, 5.41) is 8.65. The monoisotopic (exact) mass is 248 g/mol. The van der Waals surface area contributed by atoms with Gasteiger partial charge in [-0.2, -0.15) is 0 Å². The highest BCUT2D eigenvalue weighted by Crippen LogP contribution is 2.17. The molecule has 0 saturated heterocycles. The van der Waals surface area contributed by atoms with E-state index in [1.54, 1.807) is 6.92 Å². The topological polar surface area (TPSA) is 54.4 Å². The first-order valence-corrected chi connectivity index (χ1v) is 6.25. The average Bonchev–Trinajstić information content (AvgIpc) is 2.27. The number of hydrogen-bond donors (Lipinski definition) is 1. The van der Waals surface area contributed by atoms with Gasteiger partial charge >= 0.3 is 5.97 Å². The van der Waals surface area contributed by atoms with Crippen LogP contribution in [-0.2, 0) is 4.79 Å². The normalized spacial score (nSPS) is 12.4. The molecule has 0 unspecified atom stereocenters. The molecule has 0 saturated carbocycles. The van der Waals surface area contributed by atoms with Gasteiger partial charge in [-0.25, -0.2) is 0 Å². The molecule has 3 heteroatoms. The van der Waals surface area contributed by atoms with Crippen LogP contribution in [-0.4, -0.2) is 16.9 Å². The number of ketones is 1. The minimum atomic E-state index is -0.856. The van der Waals surface area contributed by atoms with E-state index in [4.69, 9.17) is 5.11 Å². The van der Waals surface area contributed by atoms with Crippen molar-refractivity contribution in [3.8, 4) is 0 Å². The molecule has 1 aromatic carbocycles. The van der Waals surface area contributed by atoms with Gasteiger partial charge in [-0.05, 0) is 17.4 Å². The molecule has 1 aromatic rings. The van der Waals surface area contributed by atoms with E-state index < -0.39 is 5.97 Å². The van der Waals surface area contributed by atoms with Crippen LogP contribution in [0.25, 0.3) is 0 Å². The van der Waals surface area contributed by atoms with Gasteiger partial charge in [0.25, 0.3) is 0 Å². The Morgan fingerprint density at radius 2 is 1.61 bits per heavy atom. The third-order valence-corrected chi connectivity index (χ3v) is 2.96. The summed E-state index contributed by atoms with van der Waals surface area (Å²) in [5.74, 6) is -0.524. The Morgan fingerprint density at radius 1 is 1.06 bits per heavy atom. The van der Waals surface area contributed by atoms with Crippen molar-refractivity contribution in [2.24, 2.45) is 5.92 Å². The summed E-state index contributed by atoms with van der Waals surface area (Å²) in [4.78, 5) is 22.5. The molecule has 0 amide bonds. The summed E-state index contributed by atoms with van der Waals surface area (Å²) in [6.45, 7) is 5.99. The van der Waals surface area contributed by atoms with Gasteiger partial charge < -0.3 is 5.11 Å². The van der Waals surface area contributed by atoms with E-state index in [0.29, 0.717) is 11.5 Å². The van der Waals surface area contributed by atoms with Crippen LogP contribution in [0.5, 0.6) is 0 Å². The van der Waals surface area contributed by atoms with Gasteiger partial charge in [-0.3, -0.25) is 9.59 Å². The van der Waals surface area contributed by atoms with Crippen molar-refractivity contribution in [1.29, 1.82) is 0 Å². The molecule has 0 spiro atoms. The molecule has 18 heavy (non-hydrogen) atoms. The van der Waals surface area contributed by atoms with Crippen LogP contribution in [0, 0.1) is 5.92 Å². The summed E-state index contributed by atoms with van der Waals surface area (Å²) in [6, 6.07) is 7.57. The van der Waals surface area contributed by atoms with Crippen molar-refractivity contribution in [3.63, 3.8) is 0 Å². The molecule has 0 bridgehead atoms. The molecule has 3 nitrogen and oxygen atoms in total. The van der Waals surface area contributed by atoms with Gasteiger partial charge in [0.2, 0.25) is 0 Å². The van der Waals surface area contributed by atoms with Gasteiger partial charge in [0, 0.05) is 18.4 Å². The maximum atomic E-state index is 11.9. The van der Waals surface area contributed by atoms with Crippen molar-refractivity contribution in [2.45, 2.75) is 39.5 Å². The fourth-order valence-electron chi connectivity index (χ4n) is 1.86. The number of Topliss-reactive ketones (excluding diaryl/α,β-unsaturated/α-hetero) is 1. The van der Waals surface area contributed by atoms with Gasteiger partial charge in [0.15, 0.2) is 5.78 Å². The lowest BCUT2D eigenvalue weighted by Crippen LogP contribution is -2.10. The second-order valence-corrected chi connectivity index (χ2v) is 5.11. The highest BCUT2D eigenvalue weighted by Gasteiger charge is 2.14. The summed E-state index contributed by atoms with van der Waals surface area (Å²) < 4.78 is 0. The molecule has 0 aliphatic carbocycles. The van der Waals surface area contributed by atoms with E-state index >= 15 is 0 Å². The molecule has 0 radical (unpaired) electrons. The highest BCUT2D eigenvalue weighted by molar-refractivity contribution is 5.96. The van der Waals surface area contributed by atoms with Gasteiger partial charge in [0.1, 0.15) is 0 Å². The van der Waals surface area contributed by atoms with E-state index in [2.05, 4.69) is 13.8 Å². The zero-order valence-electron chi connectivity index (χ0n) is 11.1. The van der Waals surface area contributed by atoms with E-state index in [0.717, 1.165) is 0 Å². The van der Waals surface area contributed by atoms with E-state index in [1.165, 1.54) is 5.56 Å². The third-order valence-electron chi connectivity index (χ3n) is 2.96. The van der Waals surface area contributed by atoms with Crippen LogP contribution in [0.1, 0.15) is 55.5 Å². The first-order chi connectivity index (χ1) is 8.40. The zero-order valence-corrected chi connectivity index (χ0v) is 11.1. The maximum Gasteiger partial charge on any atom is 0.303 e. The molecule has 0 heterocycles. The number of carboxylic acid groups (broad SMARTS) is 1. The zero-order chi connectivity index (χ0) is 13.7. The van der Waals surface area contributed by atoms with Gasteiger partial charge in [-0.15, -0.1) is 0 Å². The standard InChI is InChI=1S/C15H20O3/c1-10(2)12-4-6-13(7-5-12)14(16)8-11(3)9-15(17)18/h4-7,10-11H,8-9H2,1-3H3,(H,17,18)/t11-/m0/s1. The minimum Gasteiger partial charge on any atom is -0.481 e. The number of aliphatic carboxylic acids is 1. The molecule has 1 rings (SSSR count). The fraction of sp³-hybridized carbons (Fsp3) is 0.467. The van der Waals surface area contributed by atoms with Gasteiger partial charge in [-0.1, -0.05) is 45.0 Å². The molecule has 0 aromatic heterocycles. The highest BCUT2D eigenvalue weighted by atomic mass is 16.4. The summed E-state index contributed by atoms with van der Waals surface area (Å²) >= 11 is 0. The number of rotatable bonds is 6. The first-order valence-electron chi connectivity index (χ1n) is 6.25. The predicted octanol–water partition coefficient (Wildman–Crippen LogP) is 3.49. The van der Waals surface area contributed by atoms with E-state index in [-0.39, 0.29) is 24.5 Å². The molecule has 1 N–H and O–H groups in total. The van der Waals surface area contributed by atoms with Crippen LogP contribution in [0.15, 0.2) is 24.3 Å². The van der Waals surface area contributed by atoms with Crippen LogP contribution in [0.3, 0.4) is 0 Å². The molecular weight excluding hydrogens is 228 g/mol. The van der Waals surface area contributed by atoms with Crippen molar-refractivity contribution >= 4 is 11.8 Å². The Hall–Kier alpha value is -1.64. The number of benzene rings is 1. The number of carbonyl (C=O) groups excluding carboxylic acids is 1. The van der Waals surface area contributed by atoms with E-state index in [1.807, 2.05) is 24.3 Å². The molecule has 0 aliphatic rings. The lowest BCUT2D eigenvalue weighted by atomic mass is 9.95. The quantitative estimate of drug-likeness (QED) is 0.784. The van der Waals surface area contributed by atoms with Crippen molar-refractivity contribution in [1.82, 2.24) is 0 Å². The summed E-state index contributed by atoms with van der Waals surface area (Å²) in [5.41, 5.74) is 1.86. The first kappa shape index (κ1) is 14.4. The van der Waals surface area contributed by atoms with Crippen molar-refractivity contribution < 1.29 is 14.7 Å². The van der Waals surface area contributed by atoms with Crippen LogP contribution < -0.4 is 0 Å². The van der Waals surface area contributed by atoms with Gasteiger partial charge in [0.05, 0.1) is 0 Å². The Labute approximate surface area is 108 Å². The third kappa shape index (κ3) is 4.32. The van der Waals surface area contributed by atoms with Crippen LogP contribution in [0.2, 0.25) is 0 Å². The Morgan fingerprint density at radius 3 is 2.06 bits per heavy atom. The number of hydrogen-bond acceptors (Lipinski definition) is 2. The Kier molecular flexibility index (Phi) is 5.08. The Bertz CT molecular complexity index is 418. The van der Waals surface area contributed by atoms with Crippen LogP contribution in [0.4, 0.5) is 0 Å². The molecule has 98 valence electrons. The largest absolute Gasteiger partial charge is 0.481 e. The minimum absolute atomic E-state index is 0.0130. The SMILES string of the molecule is CC(C)c1ccc(C(=O)C[C@H](C)CC(=O)O)cc1. The Balaban J connectivity index is 2.64. The molecule has 1 atom stereocenters. The molecular formula is C15H20O3. The second kappa shape index (κ2) is 6.34. The predicted molar refractivity (Wildman–Crippen MR) is 70.9 cm³/mol. The maximum absolute atomic E-state index is 11.9.